The Morgan fingerprint density at radius 1 is 1.15 bits per heavy atom. The maximum Gasteiger partial charge on any atom is 0.180 e. The molecule has 2 aromatic rings. The smallest absolute Gasteiger partial charge is 0.180 e. The van der Waals surface area contributed by atoms with Crippen molar-refractivity contribution < 1.29 is 8.42 Å². The van der Waals surface area contributed by atoms with Gasteiger partial charge in [0.2, 0.25) is 0 Å². The molecule has 0 bridgehead atoms. The van der Waals surface area contributed by atoms with E-state index in [0.717, 1.165) is 15.6 Å². The molecule has 2 N–H and O–H groups in total. The van der Waals surface area contributed by atoms with Crippen molar-refractivity contribution in [3.05, 3.63) is 64.1 Å². The van der Waals surface area contributed by atoms with Crippen LogP contribution in [0, 0.1) is 6.92 Å². The zero-order valence-corrected chi connectivity index (χ0v) is 13.5. The molecular formula is C15H16BrNO2S. The summed E-state index contributed by atoms with van der Waals surface area (Å²) in [5, 5.41) is 0. The molecule has 2 aromatic carbocycles. The van der Waals surface area contributed by atoms with Gasteiger partial charge in [-0.15, -0.1) is 0 Å². The van der Waals surface area contributed by atoms with E-state index in [1.807, 2.05) is 31.2 Å². The topological polar surface area (TPSA) is 60.2 Å². The van der Waals surface area contributed by atoms with Gasteiger partial charge in [-0.05, 0) is 30.7 Å². The summed E-state index contributed by atoms with van der Waals surface area (Å²) in [5.41, 5.74) is 7.96. The van der Waals surface area contributed by atoms with Crippen LogP contribution >= 0.6 is 15.9 Å². The number of hydrogen-bond donors (Lipinski definition) is 1. The predicted octanol–water partition coefficient (Wildman–Crippen LogP) is 3.23. The lowest BCUT2D eigenvalue weighted by Gasteiger charge is -2.13. The van der Waals surface area contributed by atoms with Crippen LogP contribution in [0.1, 0.15) is 17.2 Å². The molecule has 2 rings (SSSR count). The Morgan fingerprint density at radius 3 is 2.40 bits per heavy atom. The minimum atomic E-state index is -3.40. The molecule has 0 saturated carbocycles. The third-order valence-electron chi connectivity index (χ3n) is 3.06. The molecule has 0 radical (unpaired) electrons. The fourth-order valence-electron chi connectivity index (χ4n) is 1.90. The van der Waals surface area contributed by atoms with Crippen molar-refractivity contribution in [3.63, 3.8) is 0 Å². The average molecular weight is 354 g/mol. The van der Waals surface area contributed by atoms with Gasteiger partial charge in [0.15, 0.2) is 9.84 Å². The Balaban J connectivity index is 2.22. The van der Waals surface area contributed by atoms with Gasteiger partial charge in [-0.2, -0.15) is 0 Å². The zero-order chi connectivity index (χ0) is 14.8. The monoisotopic (exact) mass is 353 g/mol. The van der Waals surface area contributed by atoms with Gasteiger partial charge >= 0.3 is 0 Å². The first-order valence-electron chi connectivity index (χ1n) is 6.19. The highest BCUT2D eigenvalue weighted by Gasteiger charge is 2.20. The number of rotatable bonds is 4. The Kier molecular flexibility index (Phi) is 4.62. The van der Waals surface area contributed by atoms with Gasteiger partial charge < -0.3 is 5.73 Å². The maximum atomic E-state index is 12.3. The first-order valence-corrected chi connectivity index (χ1v) is 8.63. The molecule has 0 amide bonds. The molecule has 0 heterocycles. The van der Waals surface area contributed by atoms with E-state index in [9.17, 15) is 8.42 Å². The van der Waals surface area contributed by atoms with Gasteiger partial charge in [0.1, 0.15) is 0 Å². The van der Waals surface area contributed by atoms with Crippen LogP contribution in [0.5, 0.6) is 0 Å². The van der Waals surface area contributed by atoms with Crippen molar-refractivity contribution in [2.45, 2.75) is 17.9 Å². The van der Waals surface area contributed by atoms with E-state index in [0.29, 0.717) is 0 Å². The highest BCUT2D eigenvalue weighted by molar-refractivity contribution is 9.10. The first kappa shape index (κ1) is 15.2. The minimum Gasteiger partial charge on any atom is -0.323 e. The summed E-state index contributed by atoms with van der Waals surface area (Å²) in [6, 6.07) is 13.8. The Hall–Kier alpha value is -1.17. The largest absolute Gasteiger partial charge is 0.323 e. The Bertz CT molecular complexity index is 696. The fourth-order valence-corrected chi connectivity index (χ4v) is 3.90. The van der Waals surface area contributed by atoms with Crippen LogP contribution < -0.4 is 5.73 Å². The summed E-state index contributed by atoms with van der Waals surface area (Å²) in [4.78, 5) is 0.287. The maximum absolute atomic E-state index is 12.3. The predicted molar refractivity (Wildman–Crippen MR) is 84.3 cm³/mol. The molecule has 20 heavy (non-hydrogen) atoms. The second kappa shape index (κ2) is 6.08. The van der Waals surface area contributed by atoms with Crippen LogP contribution in [0.15, 0.2) is 57.9 Å². The molecule has 1 unspecified atom stereocenters. The normalized spacial score (nSPS) is 13.2. The number of sulfone groups is 1. The minimum absolute atomic E-state index is 0.105. The number of hydrogen-bond acceptors (Lipinski definition) is 3. The third kappa shape index (κ3) is 3.69. The van der Waals surface area contributed by atoms with Crippen LogP contribution in [0.2, 0.25) is 0 Å². The van der Waals surface area contributed by atoms with Crippen LogP contribution in [-0.2, 0) is 9.84 Å². The third-order valence-corrected chi connectivity index (χ3v) is 5.32. The fraction of sp³-hybridized carbons (Fsp3) is 0.200. The van der Waals surface area contributed by atoms with E-state index in [2.05, 4.69) is 15.9 Å². The molecule has 0 saturated heterocycles. The number of halogens is 1. The van der Waals surface area contributed by atoms with E-state index in [-0.39, 0.29) is 10.6 Å². The van der Waals surface area contributed by atoms with Gasteiger partial charge in [0.25, 0.3) is 0 Å². The lowest BCUT2D eigenvalue weighted by molar-refractivity contribution is 0.589. The lowest BCUT2D eigenvalue weighted by Crippen LogP contribution is -2.21. The molecular weight excluding hydrogens is 338 g/mol. The molecule has 0 aliphatic rings. The standard InChI is InChI=1S/C15H16BrNO2S/c1-11-5-7-12(8-6-11)15(17)10-20(18,19)14-4-2-3-13(16)9-14/h2-9,15H,10,17H2,1H3. The highest BCUT2D eigenvalue weighted by Crippen LogP contribution is 2.21. The van der Waals surface area contributed by atoms with E-state index in [1.165, 1.54) is 0 Å². The van der Waals surface area contributed by atoms with Gasteiger partial charge in [-0.25, -0.2) is 8.42 Å². The summed E-state index contributed by atoms with van der Waals surface area (Å²) in [6.45, 7) is 1.98. The molecule has 106 valence electrons. The summed E-state index contributed by atoms with van der Waals surface area (Å²) in [6.07, 6.45) is 0. The van der Waals surface area contributed by atoms with Crippen LogP contribution in [0.25, 0.3) is 0 Å². The van der Waals surface area contributed by atoms with E-state index in [1.54, 1.807) is 24.3 Å². The number of benzene rings is 2. The molecule has 0 aromatic heterocycles. The molecule has 0 aliphatic heterocycles. The SMILES string of the molecule is Cc1ccc(C(N)CS(=O)(=O)c2cccc(Br)c2)cc1. The molecule has 0 spiro atoms. The molecule has 1 atom stereocenters. The quantitative estimate of drug-likeness (QED) is 0.917. The Labute approximate surface area is 127 Å². The van der Waals surface area contributed by atoms with Crippen LogP contribution in [-0.4, -0.2) is 14.2 Å². The van der Waals surface area contributed by atoms with Crippen molar-refractivity contribution >= 4 is 25.8 Å². The Morgan fingerprint density at radius 2 is 1.80 bits per heavy atom. The molecule has 0 fully saturated rings. The van der Waals surface area contributed by atoms with E-state index in [4.69, 9.17) is 5.73 Å². The second-order valence-electron chi connectivity index (χ2n) is 4.76. The van der Waals surface area contributed by atoms with Gasteiger partial charge in [-0.1, -0.05) is 51.8 Å². The van der Waals surface area contributed by atoms with E-state index >= 15 is 0 Å². The van der Waals surface area contributed by atoms with Crippen molar-refractivity contribution in [3.8, 4) is 0 Å². The lowest BCUT2D eigenvalue weighted by atomic mass is 10.1. The van der Waals surface area contributed by atoms with E-state index < -0.39 is 15.9 Å². The summed E-state index contributed by atoms with van der Waals surface area (Å²) in [5.74, 6) is -0.105. The van der Waals surface area contributed by atoms with Crippen molar-refractivity contribution in [2.24, 2.45) is 5.73 Å². The summed E-state index contributed by atoms with van der Waals surface area (Å²) < 4.78 is 25.4. The van der Waals surface area contributed by atoms with Crippen molar-refractivity contribution in [1.29, 1.82) is 0 Å². The molecule has 0 aliphatic carbocycles. The summed E-state index contributed by atoms with van der Waals surface area (Å²) >= 11 is 3.28. The first-order chi connectivity index (χ1) is 9.38. The van der Waals surface area contributed by atoms with Crippen LogP contribution in [0.3, 0.4) is 0 Å². The summed E-state index contributed by atoms with van der Waals surface area (Å²) in [7, 11) is -3.40. The van der Waals surface area contributed by atoms with Gasteiger partial charge in [0, 0.05) is 10.5 Å². The number of aryl methyl sites for hydroxylation is 1. The van der Waals surface area contributed by atoms with Crippen molar-refractivity contribution in [2.75, 3.05) is 5.75 Å². The molecule has 3 nitrogen and oxygen atoms in total. The molecule has 5 heteroatoms. The zero-order valence-electron chi connectivity index (χ0n) is 11.1. The average Bonchev–Trinajstić information content (AvgIpc) is 2.39. The second-order valence-corrected chi connectivity index (χ2v) is 7.71. The van der Waals surface area contributed by atoms with Crippen LogP contribution in [0.4, 0.5) is 0 Å². The number of nitrogens with two attached hydrogens (primary N) is 1. The van der Waals surface area contributed by atoms with Gasteiger partial charge in [-0.3, -0.25) is 0 Å². The highest BCUT2D eigenvalue weighted by atomic mass is 79.9. The van der Waals surface area contributed by atoms with Gasteiger partial charge in [0.05, 0.1) is 10.6 Å². The van der Waals surface area contributed by atoms with Crippen molar-refractivity contribution in [1.82, 2.24) is 0 Å².